The fourth-order valence-corrected chi connectivity index (χ4v) is 3.74. The van der Waals surface area contributed by atoms with Crippen molar-refractivity contribution in [3.63, 3.8) is 0 Å². The van der Waals surface area contributed by atoms with Gasteiger partial charge in [0.05, 0.1) is 17.2 Å². The van der Waals surface area contributed by atoms with Gasteiger partial charge >= 0.3 is 0 Å². The van der Waals surface area contributed by atoms with Crippen molar-refractivity contribution >= 4 is 27.6 Å². The number of para-hydroxylation sites is 2. The van der Waals surface area contributed by atoms with E-state index in [9.17, 15) is 8.42 Å². The molecule has 0 spiro atoms. The second-order valence-electron chi connectivity index (χ2n) is 6.88. The smallest absolute Gasteiger partial charge is 0.285 e. The first kappa shape index (κ1) is 22.2. The van der Waals surface area contributed by atoms with Gasteiger partial charge < -0.3 is 10.1 Å². The quantitative estimate of drug-likeness (QED) is 0.440. The van der Waals surface area contributed by atoms with Gasteiger partial charge in [0, 0.05) is 11.4 Å². The second-order valence-corrected chi connectivity index (χ2v) is 8.49. The average molecular weight is 440 g/mol. The van der Waals surface area contributed by atoms with Crippen molar-refractivity contribution in [2.75, 3.05) is 17.2 Å². The van der Waals surface area contributed by atoms with Gasteiger partial charge in [-0.2, -0.15) is 8.42 Å². The molecule has 162 valence electrons. The number of guanidine groups is 1. The Labute approximate surface area is 182 Å². The number of anilines is 2. The Hall–Kier alpha value is -3.46. The highest BCUT2D eigenvalue weighted by Gasteiger charge is 2.17. The van der Waals surface area contributed by atoms with Crippen LogP contribution in [-0.4, -0.2) is 31.0 Å². The Morgan fingerprint density at radius 2 is 1.61 bits per heavy atom. The molecule has 0 fully saturated rings. The summed E-state index contributed by atoms with van der Waals surface area (Å²) in [5.41, 5.74) is 2.99. The zero-order valence-corrected chi connectivity index (χ0v) is 18.7. The molecule has 1 heterocycles. The molecule has 0 bridgehead atoms. The minimum Gasteiger partial charge on any atom is -0.492 e. The standard InChI is InChI=1S/C22H25N5O3S/c1-5-30-20-9-7-6-8-19(20)25-22(26-21-23-16(3)14-17(4)24-21)27-31(28,29)18-12-10-15(2)11-13-18/h6-14H,5H2,1-4H3,(H2,23,24,25,26,27). The van der Waals surface area contributed by atoms with Crippen LogP contribution < -0.4 is 15.4 Å². The summed E-state index contributed by atoms with van der Waals surface area (Å²) in [6, 6.07) is 15.5. The van der Waals surface area contributed by atoms with E-state index in [0.717, 1.165) is 17.0 Å². The van der Waals surface area contributed by atoms with Crippen molar-refractivity contribution < 1.29 is 13.2 Å². The first-order chi connectivity index (χ1) is 14.8. The lowest BCUT2D eigenvalue weighted by Gasteiger charge is -2.15. The van der Waals surface area contributed by atoms with Crippen molar-refractivity contribution in [1.82, 2.24) is 9.97 Å². The van der Waals surface area contributed by atoms with Gasteiger partial charge in [0.1, 0.15) is 5.75 Å². The van der Waals surface area contributed by atoms with Crippen LogP contribution in [0.1, 0.15) is 23.9 Å². The van der Waals surface area contributed by atoms with E-state index >= 15 is 0 Å². The molecule has 3 rings (SSSR count). The zero-order valence-electron chi connectivity index (χ0n) is 17.9. The Morgan fingerprint density at radius 3 is 2.26 bits per heavy atom. The van der Waals surface area contributed by atoms with E-state index in [2.05, 4.69) is 25.0 Å². The van der Waals surface area contributed by atoms with Gasteiger partial charge in [-0.05, 0) is 58.0 Å². The second kappa shape index (κ2) is 9.57. The van der Waals surface area contributed by atoms with E-state index in [1.807, 2.05) is 45.9 Å². The third kappa shape index (κ3) is 6.02. The molecule has 0 aliphatic carbocycles. The molecule has 0 amide bonds. The number of aromatic nitrogens is 2. The van der Waals surface area contributed by atoms with Crippen LogP contribution in [0.2, 0.25) is 0 Å². The molecule has 0 saturated heterocycles. The summed E-state index contributed by atoms with van der Waals surface area (Å²) in [7, 11) is -4.00. The minimum atomic E-state index is -4.00. The largest absolute Gasteiger partial charge is 0.492 e. The number of nitrogens with zero attached hydrogens (tertiary/aromatic N) is 3. The normalized spacial score (nSPS) is 11.8. The Kier molecular flexibility index (Phi) is 6.86. The Balaban J connectivity index is 2.03. The zero-order chi connectivity index (χ0) is 22.4. The van der Waals surface area contributed by atoms with Crippen LogP contribution in [0.25, 0.3) is 0 Å². The molecule has 0 unspecified atom stereocenters. The molecule has 8 nitrogen and oxygen atoms in total. The van der Waals surface area contributed by atoms with Gasteiger partial charge in [-0.1, -0.05) is 29.8 Å². The highest BCUT2D eigenvalue weighted by molar-refractivity contribution is 7.90. The SMILES string of the molecule is CCOc1ccccc1N/C(=N\S(=O)(=O)c1ccc(C)cc1)Nc1nc(C)cc(C)n1. The lowest BCUT2D eigenvalue weighted by atomic mass is 10.2. The molecule has 0 saturated carbocycles. The topological polar surface area (TPSA) is 106 Å². The van der Waals surface area contributed by atoms with Crippen LogP contribution >= 0.6 is 0 Å². The van der Waals surface area contributed by atoms with Crippen molar-refractivity contribution in [2.24, 2.45) is 4.40 Å². The molecule has 0 radical (unpaired) electrons. The highest BCUT2D eigenvalue weighted by atomic mass is 32.2. The number of benzene rings is 2. The summed E-state index contributed by atoms with van der Waals surface area (Å²) in [4.78, 5) is 8.72. The third-order valence-electron chi connectivity index (χ3n) is 4.18. The number of aryl methyl sites for hydroxylation is 3. The summed E-state index contributed by atoms with van der Waals surface area (Å²) >= 11 is 0. The molecule has 31 heavy (non-hydrogen) atoms. The third-order valence-corrected chi connectivity index (χ3v) is 5.47. The van der Waals surface area contributed by atoms with Gasteiger partial charge in [0.25, 0.3) is 10.0 Å². The molecule has 0 aliphatic heterocycles. The number of sulfonamides is 1. The van der Waals surface area contributed by atoms with Crippen LogP contribution in [0.5, 0.6) is 5.75 Å². The minimum absolute atomic E-state index is 0.0438. The lowest BCUT2D eigenvalue weighted by Crippen LogP contribution is -2.25. The highest BCUT2D eigenvalue weighted by Crippen LogP contribution is 2.24. The van der Waals surface area contributed by atoms with E-state index in [1.165, 1.54) is 12.1 Å². The lowest BCUT2D eigenvalue weighted by molar-refractivity contribution is 0.342. The van der Waals surface area contributed by atoms with Gasteiger partial charge in [0.2, 0.25) is 11.9 Å². The molecule has 2 N–H and O–H groups in total. The van der Waals surface area contributed by atoms with Crippen LogP contribution in [0.4, 0.5) is 11.6 Å². The van der Waals surface area contributed by atoms with Crippen LogP contribution in [0.3, 0.4) is 0 Å². The number of ether oxygens (including phenoxy) is 1. The number of rotatable bonds is 6. The van der Waals surface area contributed by atoms with Crippen molar-refractivity contribution in [3.05, 3.63) is 71.5 Å². The molecule has 3 aromatic rings. The van der Waals surface area contributed by atoms with Gasteiger partial charge in [0.15, 0.2) is 0 Å². The molecule has 0 atom stereocenters. The summed E-state index contributed by atoms with van der Waals surface area (Å²) in [6.07, 6.45) is 0. The van der Waals surface area contributed by atoms with E-state index in [0.29, 0.717) is 18.0 Å². The van der Waals surface area contributed by atoms with Crippen LogP contribution in [-0.2, 0) is 10.0 Å². The van der Waals surface area contributed by atoms with E-state index in [-0.39, 0.29) is 16.8 Å². The molecule has 9 heteroatoms. The summed E-state index contributed by atoms with van der Waals surface area (Å²) < 4.78 is 35.5. The number of nitrogens with one attached hydrogen (secondary N) is 2. The van der Waals surface area contributed by atoms with Crippen molar-refractivity contribution in [3.8, 4) is 5.75 Å². The predicted octanol–water partition coefficient (Wildman–Crippen LogP) is 4.07. The fraction of sp³-hybridized carbons (Fsp3) is 0.227. The van der Waals surface area contributed by atoms with Gasteiger partial charge in [-0.15, -0.1) is 4.40 Å². The molecule has 0 aliphatic rings. The predicted molar refractivity (Wildman–Crippen MR) is 122 cm³/mol. The summed E-state index contributed by atoms with van der Waals surface area (Å²) in [5, 5.41) is 5.91. The first-order valence-corrected chi connectivity index (χ1v) is 11.2. The maximum absolute atomic E-state index is 12.9. The number of hydrogen-bond donors (Lipinski definition) is 2. The fourth-order valence-electron chi connectivity index (χ4n) is 2.83. The van der Waals surface area contributed by atoms with Crippen LogP contribution in [0.15, 0.2) is 63.9 Å². The average Bonchev–Trinajstić information content (AvgIpc) is 2.69. The van der Waals surface area contributed by atoms with Gasteiger partial charge in [-0.3, -0.25) is 5.32 Å². The Morgan fingerprint density at radius 1 is 0.968 bits per heavy atom. The first-order valence-electron chi connectivity index (χ1n) is 9.76. The number of hydrogen-bond acceptors (Lipinski definition) is 5. The summed E-state index contributed by atoms with van der Waals surface area (Å²) in [5.74, 6) is 0.753. The molecule has 1 aromatic heterocycles. The van der Waals surface area contributed by atoms with E-state index in [4.69, 9.17) is 4.74 Å². The molecular formula is C22H25N5O3S. The monoisotopic (exact) mass is 439 g/mol. The van der Waals surface area contributed by atoms with Gasteiger partial charge in [-0.25, -0.2) is 9.97 Å². The maximum atomic E-state index is 12.9. The van der Waals surface area contributed by atoms with Crippen molar-refractivity contribution in [1.29, 1.82) is 0 Å². The van der Waals surface area contributed by atoms with E-state index < -0.39 is 10.0 Å². The van der Waals surface area contributed by atoms with Crippen LogP contribution in [0, 0.1) is 20.8 Å². The maximum Gasteiger partial charge on any atom is 0.285 e. The summed E-state index contributed by atoms with van der Waals surface area (Å²) in [6.45, 7) is 7.88. The van der Waals surface area contributed by atoms with E-state index in [1.54, 1.807) is 24.3 Å². The molecule has 2 aromatic carbocycles. The Bertz CT molecular complexity index is 1170. The molecular weight excluding hydrogens is 414 g/mol. The van der Waals surface area contributed by atoms with Crippen molar-refractivity contribution in [2.45, 2.75) is 32.6 Å².